The number of anilines is 1. The van der Waals surface area contributed by atoms with E-state index in [1.807, 2.05) is 24.3 Å². The Balaban J connectivity index is 1.92. The van der Waals surface area contributed by atoms with E-state index in [2.05, 4.69) is 25.8 Å². The molecular formula is C17H28N2O. The smallest absolute Gasteiger partial charge is 0.0936 e. The molecule has 1 aliphatic carbocycles. The molecule has 2 rings (SSSR count). The second kappa shape index (κ2) is 6.15. The van der Waals surface area contributed by atoms with E-state index in [4.69, 9.17) is 5.73 Å². The zero-order chi connectivity index (χ0) is 14.8. The number of hydrogen-bond acceptors (Lipinski definition) is 3. The maximum absolute atomic E-state index is 10.4. The largest absolute Gasteiger partial charge is 0.398 e. The molecule has 1 fully saturated rings. The molecule has 3 N–H and O–H groups in total. The molecule has 0 bridgehead atoms. The van der Waals surface area contributed by atoms with Crippen molar-refractivity contribution in [2.24, 2.45) is 5.41 Å². The highest BCUT2D eigenvalue weighted by molar-refractivity contribution is 5.47. The number of aliphatic hydroxyl groups is 1. The lowest BCUT2D eigenvalue weighted by atomic mass is 9.75. The van der Waals surface area contributed by atoms with Crippen LogP contribution in [0.25, 0.3) is 0 Å². The highest BCUT2D eigenvalue weighted by atomic mass is 16.3. The third-order valence-electron chi connectivity index (χ3n) is 4.75. The van der Waals surface area contributed by atoms with Gasteiger partial charge in [0, 0.05) is 23.8 Å². The van der Waals surface area contributed by atoms with Crippen LogP contribution in [0, 0.1) is 5.41 Å². The SMILES string of the molecule is CN(CC(O)c1ccccc1N)C1CCC(C)(C)CC1. The van der Waals surface area contributed by atoms with E-state index in [-0.39, 0.29) is 0 Å². The van der Waals surface area contributed by atoms with Gasteiger partial charge in [-0.05, 0) is 44.2 Å². The second-order valence-electron chi connectivity index (χ2n) is 6.98. The average Bonchev–Trinajstić information content (AvgIpc) is 2.38. The highest BCUT2D eigenvalue weighted by Gasteiger charge is 2.29. The van der Waals surface area contributed by atoms with Crippen LogP contribution in [0.15, 0.2) is 24.3 Å². The molecule has 1 saturated carbocycles. The fraction of sp³-hybridized carbons (Fsp3) is 0.647. The van der Waals surface area contributed by atoms with Crippen LogP contribution in [0.5, 0.6) is 0 Å². The number of hydrogen-bond donors (Lipinski definition) is 2. The van der Waals surface area contributed by atoms with Crippen molar-refractivity contribution in [3.05, 3.63) is 29.8 Å². The fourth-order valence-corrected chi connectivity index (χ4v) is 3.16. The van der Waals surface area contributed by atoms with Crippen molar-refractivity contribution in [3.8, 4) is 0 Å². The Morgan fingerprint density at radius 3 is 2.50 bits per heavy atom. The molecule has 1 aromatic carbocycles. The van der Waals surface area contributed by atoms with Crippen LogP contribution >= 0.6 is 0 Å². The van der Waals surface area contributed by atoms with Gasteiger partial charge in [-0.25, -0.2) is 0 Å². The van der Waals surface area contributed by atoms with Crippen molar-refractivity contribution in [2.45, 2.75) is 51.7 Å². The summed E-state index contributed by atoms with van der Waals surface area (Å²) in [5.41, 5.74) is 7.94. The summed E-state index contributed by atoms with van der Waals surface area (Å²) < 4.78 is 0. The molecule has 1 aliphatic rings. The first-order valence-electron chi connectivity index (χ1n) is 7.62. The van der Waals surface area contributed by atoms with E-state index >= 15 is 0 Å². The molecule has 112 valence electrons. The Bertz CT molecular complexity index is 434. The molecule has 0 radical (unpaired) electrons. The first-order chi connectivity index (χ1) is 9.39. The Morgan fingerprint density at radius 1 is 1.30 bits per heavy atom. The van der Waals surface area contributed by atoms with Crippen LogP contribution in [0.4, 0.5) is 5.69 Å². The number of aliphatic hydroxyl groups excluding tert-OH is 1. The topological polar surface area (TPSA) is 49.5 Å². The van der Waals surface area contributed by atoms with Gasteiger partial charge >= 0.3 is 0 Å². The number of nitrogen functional groups attached to an aromatic ring is 1. The van der Waals surface area contributed by atoms with E-state index in [1.54, 1.807) is 0 Å². The maximum Gasteiger partial charge on any atom is 0.0936 e. The third kappa shape index (κ3) is 3.74. The van der Waals surface area contributed by atoms with Gasteiger partial charge in [-0.15, -0.1) is 0 Å². The number of benzene rings is 1. The normalized spacial score (nSPS) is 21.1. The van der Waals surface area contributed by atoms with Gasteiger partial charge in [0.2, 0.25) is 0 Å². The van der Waals surface area contributed by atoms with Crippen LogP contribution < -0.4 is 5.73 Å². The lowest BCUT2D eigenvalue weighted by Crippen LogP contribution is -2.39. The summed E-state index contributed by atoms with van der Waals surface area (Å²) in [6.07, 6.45) is 4.48. The molecule has 3 heteroatoms. The minimum Gasteiger partial charge on any atom is -0.398 e. The van der Waals surface area contributed by atoms with E-state index in [1.165, 1.54) is 25.7 Å². The first-order valence-corrected chi connectivity index (χ1v) is 7.62. The summed E-state index contributed by atoms with van der Waals surface area (Å²) >= 11 is 0. The minimum absolute atomic E-state index is 0.486. The van der Waals surface area contributed by atoms with E-state index < -0.39 is 6.10 Å². The molecule has 20 heavy (non-hydrogen) atoms. The molecule has 0 aromatic heterocycles. The van der Waals surface area contributed by atoms with Gasteiger partial charge in [0.25, 0.3) is 0 Å². The summed E-state index contributed by atoms with van der Waals surface area (Å²) in [6.45, 7) is 5.35. The second-order valence-corrected chi connectivity index (χ2v) is 6.98. The molecule has 1 unspecified atom stereocenters. The number of likely N-dealkylation sites (N-methyl/N-ethyl adjacent to an activating group) is 1. The number of rotatable bonds is 4. The number of nitrogens with two attached hydrogens (primary N) is 1. The van der Waals surface area contributed by atoms with Crippen molar-refractivity contribution < 1.29 is 5.11 Å². The first kappa shape index (κ1) is 15.3. The van der Waals surface area contributed by atoms with Gasteiger partial charge in [0.15, 0.2) is 0 Å². The van der Waals surface area contributed by atoms with Gasteiger partial charge in [0.1, 0.15) is 0 Å². The summed E-state index contributed by atoms with van der Waals surface area (Å²) in [5, 5.41) is 10.4. The molecule has 0 saturated heterocycles. The standard InChI is InChI=1S/C17H28N2O/c1-17(2)10-8-13(9-11-17)19(3)12-16(20)14-6-4-5-7-15(14)18/h4-7,13,16,20H,8-12,18H2,1-3H3. The highest BCUT2D eigenvalue weighted by Crippen LogP contribution is 2.37. The predicted molar refractivity (Wildman–Crippen MR) is 84.5 cm³/mol. The van der Waals surface area contributed by atoms with Crippen molar-refractivity contribution in [1.29, 1.82) is 0 Å². The lowest BCUT2D eigenvalue weighted by Gasteiger charge is -2.39. The quantitative estimate of drug-likeness (QED) is 0.830. The Labute approximate surface area is 122 Å². The van der Waals surface area contributed by atoms with Gasteiger partial charge in [-0.2, -0.15) is 0 Å². The van der Waals surface area contributed by atoms with Crippen LogP contribution in [-0.4, -0.2) is 29.6 Å². The molecule has 0 aliphatic heterocycles. The van der Waals surface area contributed by atoms with Crippen molar-refractivity contribution in [1.82, 2.24) is 4.90 Å². The summed E-state index contributed by atoms with van der Waals surface area (Å²) in [5.74, 6) is 0. The summed E-state index contributed by atoms with van der Waals surface area (Å²) in [7, 11) is 2.12. The monoisotopic (exact) mass is 276 g/mol. The van der Waals surface area contributed by atoms with Crippen molar-refractivity contribution in [2.75, 3.05) is 19.3 Å². The number of nitrogens with zero attached hydrogens (tertiary/aromatic N) is 1. The van der Waals surface area contributed by atoms with Gasteiger partial charge in [0.05, 0.1) is 6.10 Å². The molecule has 1 aromatic rings. The van der Waals surface area contributed by atoms with Crippen molar-refractivity contribution >= 4 is 5.69 Å². The van der Waals surface area contributed by atoms with Crippen LogP contribution in [0.2, 0.25) is 0 Å². The van der Waals surface area contributed by atoms with Crippen molar-refractivity contribution in [3.63, 3.8) is 0 Å². The Morgan fingerprint density at radius 2 is 1.90 bits per heavy atom. The molecule has 3 nitrogen and oxygen atoms in total. The zero-order valence-electron chi connectivity index (χ0n) is 13.0. The third-order valence-corrected chi connectivity index (χ3v) is 4.75. The van der Waals surface area contributed by atoms with Crippen LogP contribution in [0.1, 0.15) is 51.2 Å². The molecule has 0 heterocycles. The minimum atomic E-state index is -0.504. The van der Waals surface area contributed by atoms with Gasteiger partial charge in [-0.1, -0.05) is 32.0 Å². The predicted octanol–water partition coefficient (Wildman–Crippen LogP) is 3.20. The van der Waals surface area contributed by atoms with Crippen LogP contribution in [0.3, 0.4) is 0 Å². The average molecular weight is 276 g/mol. The van der Waals surface area contributed by atoms with Crippen LogP contribution in [-0.2, 0) is 0 Å². The van der Waals surface area contributed by atoms with Gasteiger partial charge < -0.3 is 15.7 Å². The molecule has 1 atom stereocenters. The maximum atomic E-state index is 10.4. The molecular weight excluding hydrogens is 248 g/mol. The van der Waals surface area contributed by atoms with E-state index in [0.717, 1.165) is 5.56 Å². The van der Waals surface area contributed by atoms with E-state index in [0.29, 0.717) is 23.7 Å². The van der Waals surface area contributed by atoms with E-state index in [9.17, 15) is 5.11 Å². The summed E-state index contributed by atoms with van der Waals surface area (Å²) in [4.78, 5) is 2.30. The Hall–Kier alpha value is -1.06. The zero-order valence-corrected chi connectivity index (χ0v) is 13.0. The van der Waals surface area contributed by atoms with Gasteiger partial charge in [-0.3, -0.25) is 0 Å². The number of para-hydroxylation sites is 1. The Kier molecular flexibility index (Phi) is 4.71. The fourth-order valence-electron chi connectivity index (χ4n) is 3.16. The summed E-state index contributed by atoms with van der Waals surface area (Å²) in [6, 6.07) is 8.18. The lowest BCUT2D eigenvalue weighted by molar-refractivity contribution is 0.0725. The molecule has 0 amide bonds. The molecule has 0 spiro atoms.